The molecule has 1 atom stereocenters. The molecule has 3 heteroatoms. The first-order valence-electron chi connectivity index (χ1n) is 9.86. The summed E-state index contributed by atoms with van der Waals surface area (Å²) in [5, 5.41) is 10.4. The highest BCUT2D eigenvalue weighted by Gasteiger charge is 2.17. The summed E-state index contributed by atoms with van der Waals surface area (Å²) in [5.74, 6) is 0.633. The molecular weight excluding hydrogens is 398 g/mol. The number of hydrogen-bond donors (Lipinski definition) is 1. The molecule has 1 fully saturated rings. The van der Waals surface area contributed by atoms with Crippen molar-refractivity contribution in [3.05, 3.63) is 76.9 Å². The molecule has 2 aromatic carbocycles. The van der Waals surface area contributed by atoms with Gasteiger partial charge in [0.1, 0.15) is 5.75 Å². The summed E-state index contributed by atoms with van der Waals surface area (Å²) < 4.78 is 0. The molecule has 1 aliphatic rings. The first-order valence-corrected chi connectivity index (χ1v) is 9.86. The van der Waals surface area contributed by atoms with Crippen molar-refractivity contribution in [1.82, 2.24) is 4.90 Å². The first-order chi connectivity index (χ1) is 12.6. The third kappa shape index (κ3) is 6.22. The van der Waals surface area contributed by atoms with Gasteiger partial charge in [-0.1, -0.05) is 59.7 Å². The lowest BCUT2D eigenvalue weighted by atomic mass is 9.86. The predicted molar refractivity (Wildman–Crippen MR) is 120 cm³/mol. The summed E-state index contributed by atoms with van der Waals surface area (Å²) >= 11 is 0. The van der Waals surface area contributed by atoms with Crippen LogP contribution in [0.2, 0.25) is 0 Å². The highest BCUT2D eigenvalue weighted by molar-refractivity contribution is 8.93. The minimum absolute atomic E-state index is 0. The fourth-order valence-electron chi connectivity index (χ4n) is 3.99. The molecule has 0 radical (unpaired) electrons. The number of benzene rings is 2. The van der Waals surface area contributed by atoms with Gasteiger partial charge in [-0.05, 0) is 64.3 Å². The van der Waals surface area contributed by atoms with Crippen LogP contribution < -0.4 is 0 Å². The van der Waals surface area contributed by atoms with Crippen LogP contribution in [0.1, 0.15) is 55.2 Å². The van der Waals surface area contributed by atoms with E-state index < -0.39 is 0 Å². The summed E-state index contributed by atoms with van der Waals surface area (Å²) in [7, 11) is 0. The molecule has 3 rings (SSSR count). The van der Waals surface area contributed by atoms with E-state index in [0.29, 0.717) is 5.75 Å². The topological polar surface area (TPSA) is 23.5 Å². The Bertz CT molecular complexity index is 735. The average molecular weight is 430 g/mol. The van der Waals surface area contributed by atoms with Crippen LogP contribution in [-0.4, -0.2) is 29.6 Å². The van der Waals surface area contributed by atoms with E-state index in [1.165, 1.54) is 42.6 Å². The van der Waals surface area contributed by atoms with Crippen LogP contribution in [0.5, 0.6) is 5.75 Å². The standard InChI is InChI=1S/C24H31NO.BrH/c1-19-13-14-24(26)23(17-19)22(21-10-4-3-5-11-21)12-8-9-20(2)18-25-15-6-7-16-25;/h3-5,9-11,13-14,17,22,26H,6-8,12,15-16,18H2,1-2H3;1H. The highest BCUT2D eigenvalue weighted by atomic mass is 79.9. The molecule has 2 nitrogen and oxygen atoms in total. The van der Waals surface area contributed by atoms with Crippen molar-refractivity contribution in [1.29, 1.82) is 0 Å². The Balaban J connectivity index is 0.00000261. The number of phenolic OH excluding ortho intramolecular Hbond substituents is 1. The van der Waals surface area contributed by atoms with Crippen LogP contribution in [0.3, 0.4) is 0 Å². The van der Waals surface area contributed by atoms with E-state index in [9.17, 15) is 5.11 Å². The van der Waals surface area contributed by atoms with Crippen LogP contribution in [0, 0.1) is 6.92 Å². The van der Waals surface area contributed by atoms with Gasteiger partial charge < -0.3 is 5.11 Å². The fraction of sp³-hybridized carbons (Fsp3) is 0.417. The smallest absolute Gasteiger partial charge is 0.119 e. The number of aryl methyl sites for hydroxylation is 1. The second-order valence-electron chi connectivity index (χ2n) is 7.64. The van der Waals surface area contributed by atoms with E-state index in [1.54, 1.807) is 0 Å². The van der Waals surface area contributed by atoms with E-state index >= 15 is 0 Å². The third-order valence-electron chi connectivity index (χ3n) is 5.38. The van der Waals surface area contributed by atoms with Crippen molar-refractivity contribution in [3.63, 3.8) is 0 Å². The molecule has 0 saturated carbocycles. The van der Waals surface area contributed by atoms with E-state index in [-0.39, 0.29) is 22.9 Å². The zero-order valence-corrected chi connectivity index (χ0v) is 18.2. The zero-order valence-electron chi connectivity index (χ0n) is 16.5. The third-order valence-corrected chi connectivity index (χ3v) is 5.38. The average Bonchev–Trinajstić information content (AvgIpc) is 3.15. The van der Waals surface area contributed by atoms with Gasteiger partial charge in [-0.25, -0.2) is 0 Å². The van der Waals surface area contributed by atoms with Crippen molar-refractivity contribution in [2.24, 2.45) is 0 Å². The summed E-state index contributed by atoms with van der Waals surface area (Å²) in [6.45, 7) is 7.93. The van der Waals surface area contributed by atoms with Gasteiger partial charge in [0.05, 0.1) is 0 Å². The Morgan fingerprint density at radius 3 is 2.52 bits per heavy atom. The molecule has 0 amide bonds. The van der Waals surface area contributed by atoms with Crippen LogP contribution in [0.15, 0.2) is 60.2 Å². The molecule has 146 valence electrons. The Labute approximate surface area is 174 Å². The molecule has 0 bridgehead atoms. The number of allylic oxidation sites excluding steroid dienone is 1. The molecule has 2 aromatic rings. The van der Waals surface area contributed by atoms with Gasteiger partial charge in [0, 0.05) is 18.0 Å². The minimum Gasteiger partial charge on any atom is -0.508 e. The molecule has 0 spiro atoms. The largest absolute Gasteiger partial charge is 0.508 e. The van der Waals surface area contributed by atoms with Crippen molar-refractivity contribution in [3.8, 4) is 5.75 Å². The molecule has 0 aliphatic carbocycles. The molecule has 27 heavy (non-hydrogen) atoms. The molecule has 0 aromatic heterocycles. The Hall–Kier alpha value is -1.58. The lowest BCUT2D eigenvalue weighted by Crippen LogP contribution is -2.21. The maximum atomic E-state index is 10.4. The molecule has 1 heterocycles. The Morgan fingerprint density at radius 2 is 1.81 bits per heavy atom. The quantitative estimate of drug-likeness (QED) is 0.526. The van der Waals surface area contributed by atoms with Crippen molar-refractivity contribution >= 4 is 17.0 Å². The van der Waals surface area contributed by atoms with Gasteiger partial charge in [0.2, 0.25) is 0 Å². The highest BCUT2D eigenvalue weighted by Crippen LogP contribution is 2.35. The van der Waals surface area contributed by atoms with Crippen LogP contribution in [0.4, 0.5) is 0 Å². The van der Waals surface area contributed by atoms with Gasteiger partial charge in [0.15, 0.2) is 0 Å². The number of hydrogen-bond acceptors (Lipinski definition) is 2. The Kier molecular flexibility index (Phi) is 8.59. The Morgan fingerprint density at radius 1 is 1.11 bits per heavy atom. The van der Waals surface area contributed by atoms with E-state index in [1.807, 2.05) is 12.1 Å². The van der Waals surface area contributed by atoms with E-state index in [0.717, 1.165) is 24.9 Å². The van der Waals surface area contributed by atoms with Gasteiger partial charge in [0.25, 0.3) is 0 Å². The number of likely N-dealkylation sites (tertiary alicyclic amines) is 1. The second kappa shape index (κ2) is 10.7. The van der Waals surface area contributed by atoms with Gasteiger partial charge in [-0.3, -0.25) is 4.90 Å². The fourth-order valence-corrected chi connectivity index (χ4v) is 3.99. The van der Waals surface area contributed by atoms with E-state index in [4.69, 9.17) is 0 Å². The van der Waals surface area contributed by atoms with Crippen molar-refractivity contribution < 1.29 is 5.11 Å². The maximum absolute atomic E-state index is 10.4. The normalized spacial score (nSPS) is 16.1. The molecule has 1 N–H and O–H groups in total. The lowest BCUT2D eigenvalue weighted by Gasteiger charge is -2.20. The minimum atomic E-state index is 0. The van der Waals surface area contributed by atoms with Gasteiger partial charge in [-0.2, -0.15) is 0 Å². The monoisotopic (exact) mass is 429 g/mol. The molecule has 1 aliphatic heterocycles. The van der Waals surface area contributed by atoms with Crippen molar-refractivity contribution in [2.75, 3.05) is 19.6 Å². The summed E-state index contributed by atoms with van der Waals surface area (Å²) in [4.78, 5) is 2.55. The zero-order chi connectivity index (χ0) is 18.4. The van der Waals surface area contributed by atoms with Crippen LogP contribution >= 0.6 is 17.0 Å². The number of rotatable bonds is 7. The van der Waals surface area contributed by atoms with Gasteiger partial charge >= 0.3 is 0 Å². The van der Waals surface area contributed by atoms with E-state index in [2.05, 4.69) is 61.2 Å². The second-order valence-corrected chi connectivity index (χ2v) is 7.64. The molecule has 1 unspecified atom stereocenters. The van der Waals surface area contributed by atoms with Crippen LogP contribution in [-0.2, 0) is 0 Å². The molecular formula is C24H32BrNO. The number of phenols is 1. The predicted octanol–water partition coefficient (Wildman–Crippen LogP) is 6.23. The summed E-state index contributed by atoms with van der Waals surface area (Å²) in [6, 6.07) is 16.5. The number of nitrogens with zero attached hydrogens (tertiary/aromatic N) is 1. The first kappa shape index (κ1) is 21.7. The lowest BCUT2D eigenvalue weighted by molar-refractivity contribution is 0.368. The number of aromatic hydroxyl groups is 1. The molecule has 1 saturated heterocycles. The maximum Gasteiger partial charge on any atom is 0.119 e. The van der Waals surface area contributed by atoms with Gasteiger partial charge in [-0.15, -0.1) is 17.0 Å². The number of halogens is 1. The SMILES string of the molecule is Br.CC(=CCCC(c1ccccc1)c1cc(C)ccc1O)CN1CCCC1. The summed E-state index contributed by atoms with van der Waals surface area (Å²) in [5.41, 5.74) is 4.98. The summed E-state index contributed by atoms with van der Waals surface area (Å²) in [6.07, 6.45) is 7.12. The van der Waals surface area contributed by atoms with Crippen LogP contribution in [0.25, 0.3) is 0 Å². The van der Waals surface area contributed by atoms with Crippen molar-refractivity contribution in [2.45, 2.75) is 45.4 Å².